The molecule has 168 valence electrons. The molecule has 7 nitrogen and oxygen atoms in total. The van der Waals surface area contributed by atoms with Crippen LogP contribution in [-0.2, 0) is 17.8 Å². The molecule has 7 heteroatoms. The summed E-state index contributed by atoms with van der Waals surface area (Å²) in [6.45, 7) is 5.78. The number of hydrogen-bond donors (Lipinski definition) is 2. The Morgan fingerprint density at radius 3 is 2.81 bits per heavy atom. The molecule has 1 atom stereocenters. The Morgan fingerprint density at radius 2 is 2.03 bits per heavy atom. The van der Waals surface area contributed by atoms with Crippen LogP contribution in [0.15, 0.2) is 30.3 Å². The lowest BCUT2D eigenvalue weighted by atomic mass is 10.1. The molecule has 1 saturated carbocycles. The van der Waals surface area contributed by atoms with Gasteiger partial charge in [0.05, 0.1) is 11.7 Å². The molecule has 2 aromatic heterocycles. The molecule has 0 bridgehead atoms. The van der Waals surface area contributed by atoms with E-state index < -0.39 is 0 Å². The number of aromatic nitrogens is 3. The van der Waals surface area contributed by atoms with Gasteiger partial charge in [-0.2, -0.15) is 5.10 Å². The number of aryl methyl sites for hydroxylation is 2. The molecule has 3 heterocycles. The normalized spacial score (nSPS) is 19.0. The monoisotopic (exact) mass is 433 g/mol. The lowest BCUT2D eigenvalue weighted by Crippen LogP contribution is -2.25. The zero-order chi connectivity index (χ0) is 22.2. The maximum atomic E-state index is 12.2. The van der Waals surface area contributed by atoms with Crippen LogP contribution in [0.1, 0.15) is 66.4 Å². The summed E-state index contributed by atoms with van der Waals surface area (Å²) in [4.78, 5) is 19.4. The van der Waals surface area contributed by atoms with Gasteiger partial charge in [0.1, 0.15) is 5.75 Å². The highest BCUT2D eigenvalue weighted by molar-refractivity contribution is 5.76. The van der Waals surface area contributed by atoms with Crippen molar-refractivity contribution >= 4 is 11.6 Å². The van der Waals surface area contributed by atoms with Gasteiger partial charge >= 0.3 is 0 Å². The Bertz CT molecular complexity index is 1150. The zero-order valence-corrected chi connectivity index (χ0v) is 18.8. The number of rotatable bonds is 7. The van der Waals surface area contributed by atoms with E-state index in [0.717, 1.165) is 66.1 Å². The Kier molecular flexibility index (Phi) is 5.59. The predicted molar refractivity (Wildman–Crippen MR) is 122 cm³/mol. The first kappa shape index (κ1) is 20.9. The summed E-state index contributed by atoms with van der Waals surface area (Å²) in [6, 6.07) is 10.2. The van der Waals surface area contributed by atoms with Crippen LogP contribution in [-0.4, -0.2) is 43.1 Å². The summed E-state index contributed by atoms with van der Waals surface area (Å²) in [5.74, 6) is 0.468. The van der Waals surface area contributed by atoms with Crippen LogP contribution in [0.4, 0.5) is 0 Å². The zero-order valence-electron chi connectivity index (χ0n) is 18.8. The van der Waals surface area contributed by atoms with Crippen LogP contribution in [0.25, 0.3) is 5.65 Å². The van der Waals surface area contributed by atoms with E-state index in [9.17, 15) is 9.90 Å². The number of nitrogens with one attached hydrogen (secondary N) is 1. The Balaban J connectivity index is 1.37. The van der Waals surface area contributed by atoms with Crippen LogP contribution in [0, 0.1) is 13.8 Å². The molecule has 5 rings (SSSR count). The minimum atomic E-state index is 0.123. The molecule has 3 aromatic rings. The van der Waals surface area contributed by atoms with Crippen molar-refractivity contribution in [3.05, 3.63) is 58.5 Å². The Labute approximate surface area is 188 Å². The van der Waals surface area contributed by atoms with Gasteiger partial charge in [-0.3, -0.25) is 9.69 Å². The first-order chi connectivity index (χ1) is 15.5. The smallest absolute Gasteiger partial charge is 0.220 e. The number of amides is 1. The summed E-state index contributed by atoms with van der Waals surface area (Å²) < 4.78 is 1.94. The summed E-state index contributed by atoms with van der Waals surface area (Å²) in [7, 11) is 0. The molecule has 2 N–H and O–H groups in total. The van der Waals surface area contributed by atoms with Gasteiger partial charge in [-0.05, 0) is 64.1 Å². The van der Waals surface area contributed by atoms with Crippen molar-refractivity contribution in [2.75, 3.05) is 6.54 Å². The van der Waals surface area contributed by atoms with Gasteiger partial charge in [-0.15, -0.1) is 0 Å². The van der Waals surface area contributed by atoms with Gasteiger partial charge in [0, 0.05) is 42.0 Å². The van der Waals surface area contributed by atoms with Crippen molar-refractivity contribution in [3.8, 4) is 5.75 Å². The van der Waals surface area contributed by atoms with Crippen molar-refractivity contribution in [1.29, 1.82) is 0 Å². The Hall–Kier alpha value is -2.93. The predicted octanol–water partition coefficient (Wildman–Crippen LogP) is 3.60. The minimum absolute atomic E-state index is 0.123. The summed E-state index contributed by atoms with van der Waals surface area (Å²) in [5, 5.41) is 18.2. The van der Waals surface area contributed by atoms with E-state index in [1.165, 1.54) is 0 Å². The van der Waals surface area contributed by atoms with Crippen LogP contribution >= 0.6 is 0 Å². The third kappa shape index (κ3) is 4.21. The van der Waals surface area contributed by atoms with E-state index >= 15 is 0 Å². The average Bonchev–Trinajstić information content (AvgIpc) is 3.28. The second-order valence-corrected chi connectivity index (χ2v) is 9.20. The number of hydrogen-bond acceptors (Lipinski definition) is 5. The van der Waals surface area contributed by atoms with E-state index in [-0.39, 0.29) is 11.9 Å². The van der Waals surface area contributed by atoms with Gasteiger partial charge in [0.25, 0.3) is 0 Å². The molecule has 1 aliphatic heterocycles. The molecule has 0 radical (unpaired) electrons. The molecule has 0 spiro atoms. The maximum Gasteiger partial charge on any atom is 0.220 e. The topological polar surface area (TPSA) is 82.8 Å². The van der Waals surface area contributed by atoms with Crippen LogP contribution < -0.4 is 5.32 Å². The van der Waals surface area contributed by atoms with E-state index in [2.05, 4.69) is 23.2 Å². The number of likely N-dealkylation sites (tertiary alicyclic amines) is 1. The highest BCUT2D eigenvalue weighted by Gasteiger charge is 2.29. The lowest BCUT2D eigenvalue weighted by Gasteiger charge is -2.23. The number of phenols is 1. The highest BCUT2D eigenvalue weighted by atomic mass is 16.3. The van der Waals surface area contributed by atoms with Gasteiger partial charge in [-0.1, -0.05) is 18.2 Å². The fourth-order valence-corrected chi connectivity index (χ4v) is 4.85. The van der Waals surface area contributed by atoms with E-state index in [4.69, 9.17) is 10.1 Å². The molecule has 2 aliphatic rings. The van der Waals surface area contributed by atoms with Gasteiger partial charge in [0.2, 0.25) is 5.91 Å². The molecular formula is C25H31N5O2. The average molecular weight is 434 g/mol. The summed E-state index contributed by atoms with van der Waals surface area (Å²) in [5.41, 5.74) is 5.96. The van der Waals surface area contributed by atoms with Crippen molar-refractivity contribution in [2.24, 2.45) is 0 Å². The van der Waals surface area contributed by atoms with E-state index in [0.29, 0.717) is 31.2 Å². The molecule has 2 fully saturated rings. The minimum Gasteiger partial charge on any atom is -0.508 e. The van der Waals surface area contributed by atoms with Gasteiger partial charge in [-0.25, -0.2) is 9.50 Å². The second kappa shape index (κ2) is 8.54. The fraction of sp³-hybridized carbons (Fsp3) is 0.480. The summed E-state index contributed by atoms with van der Waals surface area (Å²) in [6.07, 6.45) is 5.53. The lowest BCUT2D eigenvalue weighted by molar-refractivity contribution is -0.121. The van der Waals surface area contributed by atoms with Crippen molar-refractivity contribution in [1.82, 2.24) is 24.8 Å². The molecule has 1 amide bonds. The first-order valence-electron chi connectivity index (χ1n) is 11.7. The number of carbonyl (C=O) groups excluding carboxylic acids is 1. The molecule has 0 unspecified atom stereocenters. The number of fused-ring (bicyclic) bond motifs is 1. The van der Waals surface area contributed by atoms with E-state index in [1.54, 1.807) is 6.07 Å². The second-order valence-electron chi connectivity index (χ2n) is 9.20. The molecule has 1 aromatic carbocycles. The SMILES string of the molecule is Cc1nc2cc([C@@H]3CCCN3Cc3ccccc3O)nn2c(C)c1CCC(=O)NC1CC1. The van der Waals surface area contributed by atoms with Crippen LogP contribution in [0.3, 0.4) is 0 Å². The van der Waals surface area contributed by atoms with Gasteiger partial charge < -0.3 is 10.4 Å². The van der Waals surface area contributed by atoms with Crippen molar-refractivity contribution in [3.63, 3.8) is 0 Å². The molecule has 32 heavy (non-hydrogen) atoms. The maximum absolute atomic E-state index is 12.2. The number of aromatic hydroxyl groups is 1. The Morgan fingerprint density at radius 1 is 1.22 bits per heavy atom. The third-order valence-electron chi connectivity index (χ3n) is 6.80. The van der Waals surface area contributed by atoms with Gasteiger partial charge in [0.15, 0.2) is 5.65 Å². The van der Waals surface area contributed by atoms with Crippen LogP contribution in [0.5, 0.6) is 5.75 Å². The molecule has 1 saturated heterocycles. The molecular weight excluding hydrogens is 402 g/mol. The number of carbonyl (C=O) groups is 1. The highest BCUT2D eigenvalue weighted by Crippen LogP contribution is 2.34. The van der Waals surface area contributed by atoms with Crippen LogP contribution in [0.2, 0.25) is 0 Å². The molecule has 1 aliphatic carbocycles. The number of nitrogens with zero attached hydrogens (tertiary/aromatic N) is 4. The first-order valence-corrected chi connectivity index (χ1v) is 11.7. The van der Waals surface area contributed by atoms with Crippen molar-refractivity contribution < 1.29 is 9.90 Å². The van der Waals surface area contributed by atoms with E-state index in [1.807, 2.05) is 29.6 Å². The van der Waals surface area contributed by atoms with Crippen molar-refractivity contribution in [2.45, 2.75) is 71.0 Å². The third-order valence-corrected chi connectivity index (χ3v) is 6.80. The summed E-state index contributed by atoms with van der Waals surface area (Å²) >= 11 is 0. The largest absolute Gasteiger partial charge is 0.508 e. The number of benzene rings is 1. The fourth-order valence-electron chi connectivity index (χ4n) is 4.85. The number of para-hydroxylation sites is 1. The quantitative estimate of drug-likeness (QED) is 0.595. The standard InChI is InChI=1S/C25H31N5O2/c1-16-20(11-12-25(32)27-19-9-10-19)17(2)30-24(26-16)14-21(28-30)22-7-5-13-29(22)15-18-6-3-4-8-23(18)31/h3-4,6,8,14,19,22,31H,5,7,9-13,15H2,1-2H3,(H,27,32)/t22-/m0/s1. The number of phenolic OH excluding ortho intramolecular Hbond substituents is 1.